The Hall–Kier alpha value is -3.29. The minimum Gasteiger partial charge on any atom is -0.486 e. The van der Waals surface area contributed by atoms with Gasteiger partial charge in [-0.2, -0.15) is 0 Å². The predicted molar refractivity (Wildman–Crippen MR) is 128 cm³/mol. The summed E-state index contributed by atoms with van der Waals surface area (Å²) >= 11 is 0. The summed E-state index contributed by atoms with van der Waals surface area (Å²) in [7, 11) is 0. The highest BCUT2D eigenvalue weighted by atomic mass is 16.6. The van der Waals surface area contributed by atoms with Crippen LogP contribution >= 0.6 is 0 Å². The Kier molecular flexibility index (Phi) is 6.32. The number of anilines is 1. The van der Waals surface area contributed by atoms with Gasteiger partial charge in [-0.3, -0.25) is 0 Å². The van der Waals surface area contributed by atoms with Gasteiger partial charge in [0, 0.05) is 12.2 Å². The Bertz CT molecular complexity index is 1130. The maximum atomic E-state index is 12.9. The van der Waals surface area contributed by atoms with Gasteiger partial charge in [0.25, 0.3) is 0 Å². The van der Waals surface area contributed by atoms with Crippen molar-refractivity contribution in [3.05, 3.63) is 66.2 Å². The molecule has 3 aromatic rings. The normalized spacial score (nSPS) is 17.5. The van der Waals surface area contributed by atoms with Gasteiger partial charge in [0.1, 0.15) is 19.3 Å². The number of nitrogens with one attached hydrogen (secondary N) is 2. The zero-order valence-corrected chi connectivity index (χ0v) is 18.5. The molecule has 7 nitrogen and oxygen atoms in total. The summed E-state index contributed by atoms with van der Waals surface area (Å²) in [6, 6.07) is 18.5. The van der Waals surface area contributed by atoms with Crippen molar-refractivity contribution in [1.82, 2.24) is 10.2 Å². The highest BCUT2D eigenvalue weighted by molar-refractivity contribution is 5.93. The smallest absolute Gasteiger partial charge is 0.319 e. The van der Waals surface area contributed by atoms with Crippen LogP contribution in [0.1, 0.15) is 24.5 Å². The number of hydrogen-bond acceptors (Lipinski definition) is 5. The minimum absolute atomic E-state index is 0.342. The molecule has 0 unspecified atom stereocenters. The lowest BCUT2D eigenvalue weighted by molar-refractivity contribution is 0.110. The van der Waals surface area contributed by atoms with Crippen molar-refractivity contribution in [2.45, 2.75) is 25.0 Å². The first-order chi connectivity index (χ1) is 16.2. The Balaban J connectivity index is 1.32. The number of fused-ring (bicyclic) bond motifs is 2. The number of aliphatic hydroxyl groups excluding tert-OH is 1. The van der Waals surface area contributed by atoms with Crippen LogP contribution in [0.15, 0.2) is 60.7 Å². The summed E-state index contributed by atoms with van der Waals surface area (Å²) in [5.74, 6) is 1.30. The number of amides is 2. The van der Waals surface area contributed by atoms with Gasteiger partial charge in [0.2, 0.25) is 0 Å². The summed E-state index contributed by atoms with van der Waals surface area (Å²) in [5.41, 5.74) is 1.40. The fraction of sp³-hybridized carbons (Fsp3) is 0.346. The summed E-state index contributed by atoms with van der Waals surface area (Å²) in [6.45, 7) is 3.51. The molecule has 2 atom stereocenters. The molecule has 1 saturated heterocycles. The molecule has 3 aromatic carbocycles. The lowest BCUT2D eigenvalue weighted by atomic mass is 10.0. The molecular weight excluding hydrogens is 418 g/mol. The van der Waals surface area contributed by atoms with E-state index in [-0.39, 0.29) is 6.03 Å². The van der Waals surface area contributed by atoms with E-state index < -0.39 is 12.1 Å². The van der Waals surface area contributed by atoms with Crippen LogP contribution in [0.2, 0.25) is 0 Å². The SMILES string of the molecule is O=C(Nc1ccc2ccccc2c1)N[C@H](CN1CCCC1)[C@H](O)c1ccc2c(c1)OCCO2. The maximum absolute atomic E-state index is 12.9. The van der Waals surface area contributed by atoms with Gasteiger partial charge < -0.3 is 30.1 Å². The largest absolute Gasteiger partial charge is 0.486 e. The first kappa shape index (κ1) is 21.6. The Morgan fingerprint density at radius 1 is 0.939 bits per heavy atom. The Morgan fingerprint density at radius 3 is 2.52 bits per heavy atom. The quantitative estimate of drug-likeness (QED) is 0.533. The average molecular weight is 448 g/mol. The molecule has 172 valence electrons. The van der Waals surface area contributed by atoms with E-state index in [0.29, 0.717) is 42.5 Å². The number of hydrogen-bond donors (Lipinski definition) is 3. The molecule has 2 heterocycles. The van der Waals surface area contributed by atoms with Gasteiger partial charge in [-0.25, -0.2) is 4.79 Å². The van der Waals surface area contributed by atoms with Crippen molar-refractivity contribution in [2.24, 2.45) is 0 Å². The van der Waals surface area contributed by atoms with Crippen molar-refractivity contribution in [3.8, 4) is 11.5 Å². The number of urea groups is 1. The van der Waals surface area contributed by atoms with Crippen molar-refractivity contribution in [3.63, 3.8) is 0 Å². The summed E-state index contributed by atoms with van der Waals surface area (Å²) in [4.78, 5) is 15.2. The summed E-state index contributed by atoms with van der Waals surface area (Å²) in [6.07, 6.45) is 1.38. The molecule has 0 aliphatic carbocycles. The van der Waals surface area contributed by atoms with Gasteiger partial charge >= 0.3 is 6.03 Å². The van der Waals surface area contributed by atoms with Crippen molar-refractivity contribution in [2.75, 3.05) is 38.2 Å². The molecule has 0 saturated carbocycles. The number of carbonyl (C=O) groups is 1. The predicted octanol–water partition coefficient (Wildman–Crippen LogP) is 3.93. The van der Waals surface area contributed by atoms with Crippen LogP contribution in [0.3, 0.4) is 0 Å². The van der Waals surface area contributed by atoms with Crippen molar-refractivity contribution >= 4 is 22.5 Å². The number of aliphatic hydroxyl groups is 1. The second-order valence-electron chi connectivity index (χ2n) is 8.62. The number of ether oxygens (including phenoxy) is 2. The molecule has 5 rings (SSSR count). The first-order valence-corrected chi connectivity index (χ1v) is 11.5. The third kappa shape index (κ3) is 5.05. The Morgan fingerprint density at radius 2 is 1.70 bits per heavy atom. The third-order valence-electron chi connectivity index (χ3n) is 6.27. The standard InChI is InChI=1S/C26H29N3O4/c30-25(20-8-10-23-24(16-20)33-14-13-32-23)22(17-29-11-3-4-12-29)28-26(31)27-21-9-7-18-5-1-2-6-19(18)15-21/h1-2,5-10,15-16,22,25,30H,3-4,11-14,17H2,(H2,27,28,31)/t22-,25-/m1/s1. The van der Waals surface area contributed by atoms with Crippen LogP contribution in [-0.4, -0.2) is 54.9 Å². The van der Waals surface area contributed by atoms with E-state index >= 15 is 0 Å². The molecule has 7 heteroatoms. The van der Waals surface area contributed by atoms with Crippen molar-refractivity contribution < 1.29 is 19.4 Å². The second-order valence-corrected chi connectivity index (χ2v) is 8.62. The van der Waals surface area contributed by atoms with E-state index in [2.05, 4.69) is 15.5 Å². The number of rotatable bonds is 6. The molecule has 2 amide bonds. The number of benzene rings is 3. The number of nitrogens with zero attached hydrogens (tertiary/aromatic N) is 1. The van der Waals surface area contributed by atoms with Crippen molar-refractivity contribution in [1.29, 1.82) is 0 Å². The number of carbonyl (C=O) groups excluding carboxylic acids is 1. The van der Waals surface area contributed by atoms with Gasteiger partial charge in [0.15, 0.2) is 11.5 Å². The summed E-state index contributed by atoms with van der Waals surface area (Å²) < 4.78 is 11.3. The molecular formula is C26H29N3O4. The highest BCUT2D eigenvalue weighted by Crippen LogP contribution is 2.33. The molecule has 0 spiro atoms. The number of likely N-dealkylation sites (tertiary alicyclic amines) is 1. The third-order valence-corrected chi connectivity index (χ3v) is 6.27. The molecule has 0 bridgehead atoms. The zero-order valence-electron chi connectivity index (χ0n) is 18.5. The monoisotopic (exact) mass is 447 g/mol. The van der Waals surface area contributed by atoms with Gasteiger partial charge in [-0.05, 0) is 66.5 Å². The fourth-order valence-electron chi connectivity index (χ4n) is 4.55. The molecule has 2 aliphatic heterocycles. The van der Waals surface area contributed by atoms with E-state index in [0.717, 1.165) is 36.7 Å². The van der Waals surface area contributed by atoms with E-state index in [9.17, 15) is 9.90 Å². The molecule has 2 aliphatic rings. The van der Waals surface area contributed by atoms with Crippen LogP contribution in [0.25, 0.3) is 10.8 Å². The van der Waals surface area contributed by atoms with Gasteiger partial charge in [-0.15, -0.1) is 0 Å². The van der Waals surface area contributed by atoms with E-state index in [1.165, 1.54) is 0 Å². The zero-order chi connectivity index (χ0) is 22.6. The average Bonchev–Trinajstić information content (AvgIpc) is 3.36. The highest BCUT2D eigenvalue weighted by Gasteiger charge is 2.28. The molecule has 0 aromatic heterocycles. The first-order valence-electron chi connectivity index (χ1n) is 11.5. The van der Waals surface area contributed by atoms with Crippen LogP contribution in [0, 0.1) is 0 Å². The second kappa shape index (κ2) is 9.68. The van der Waals surface area contributed by atoms with Crippen LogP contribution < -0.4 is 20.1 Å². The van der Waals surface area contributed by atoms with E-state index in [4.69, 9.17) is 9.47 Å². The minimum atomic E-state index is -0.885. The summed E-state index contributed by atoms with van der Waals surface area (Å²) in [5, 5.41) is 19.3. The van der Waals surface area contributed by atoms with E-state index in [1.54, 1.807) is 6.07 Å². The van der Waals surface area contributed by atoms with Gasteiger partial charge in [0.05, 0.1) is 6.04 Å². The molecule has 1 fully saturated rings. The lowest BCUT2D eigenvalue weighted by Crippen LogP contribution is -2.48. The maximum Gasteiger partial charge on any atom is 0.319 e. The topological polar surface area (TPSA) is 83.1 Å². The molecule has 33 heavy (non-hydrogen) atoms. The van der Waals surface area contributed by atoms with Gasteiger partial charge in [-0.1, -0.05) is 36.4 Å². The lowest BCUT2D eigenvalue weighted by Gasteiger charge is -2.29. The van der Waals surface area contributed by atoms with Crippen LogP contribution in [0.4, 0.5) is 10.5 Å². The van der Waals surface area contributed by atoms with E-state index in [1.807, 2.05) is 54.6 Å². The fourth-order valence-corrected chi connectivity index (χ4v) is 4.55. The Labute approximate surface area is 193 Å². The van der Waals surface area contributed by atoms with Crippen LogP contribution in [0.5, 0.6) is 11.5 Å². The molecule has 3 N–H and O–H groups in total. The molecule has 0 radical (unpaired) electrons. The van der Waals surface area contributed by atoms with Crippen LogP contribution in [-0.2, 0) is 0 Å².